The molecule has 4 nitrogen and oxygen atoms in total. The summed E-state index contributed by atoms with van der Waals surface area (Å²) in [6.07, 6.45) is 2.71. The van der Waals surface area contributed by atoms with E-state index in [-0.39, 0.29) is 0 Å². The molecular weight excluding hydrogens is 226 g/mol. The Balaban J connectivity index is 2.41. The average Bonchev–Trinajstić information content (AvgIpc) is 2.38. The molecule has 1 saturated heterocycles. The van der Waals surface area contributed by atoms with E-state index in [1.807, 2.05) is 19.0 Å². The second-order valence-electron chi connectivity index (χ2n) is 5.44. The first-order valence-corrected chi connectivity index (χ1v) is 7.22. The van der Waals surface area contributed by atoms with Crippen molar-refractivity contribution in [2.75, 3.05) is 40.3 Å². The van der Waals surface area contributed by atoms with Gasteiger partial charge in [-0.2, -0.15) is 0 Å². The molecule has 0 aliphatic carbocycles. The van der Waals surface area contributed by atoms with Crippen LogP contribution in [0, 0.1) is 5.92 Å². The van der Waals surface area contributed by atoms with Gasteiger partial charge in [0.05, 0.1) is 0 Å². The number of carbonyl (C=O) groups excluding carboxylic acids is 1. The Hall–Kier alpha value is -0.610. The minimum Gasteiger partial charge on any atom is -0.342 e. The lowest BCUT2D eigenvalue weighted by molar-refractivity contribution is -0.134. The Morgan fingerprint density at radius 2 is 2.22 bits per heavy atom. The van der Waals surface area contributed by atoms with Crippen LogP contribution in [0.4, 0.5) is 0 Å². The van der Waals surface area contributed by atoms with Crippen LogP contribution in [0.1, 0.15) is 33.1 Å². The van der Waals surface area contributed by atoms with Gasteiger partial charge in [-0.25, -0.2) is 0 Å². The van der Waals surface area contributed by atoms with E-state index in [2.05, 4.69) is 24.1 Å². The predicted molar refractivity (Wildman–Crippen MR) is 75.6 cm³/mol. The normalized spacial score (nSPS) is 25.1. The summed E-state index contributed by atoms with van der Waals surface area (Å²) in [5, 5.41) is 3.09. The maximum atomic E-state index is 12.1. The van der Waals surface area contributed by atoms with Gasteiger partial charge < -0.3 is 15.1 Å². The summed E-state index contributed by atoms with van der Waals surface area (Å²) < 4.78 is 0. The van der Waals surface area contributed by atoms with Crippen molar-refractivity contribution in [1.82, 2.24) is 15.1 Å². The summed E-state index contributed by atoms with van der Waals surface area (Å²) in [7, 11) is 3.90. The number of amides is 1. The van der Waals surface area contributed by atoms with Gasteiger partial charge in [0.15, 0.2) is 0 Å². The second-order valence-corrected chi connectivity index (χ2v) is 5.44. The van der Waals surface area contributed by atoms with Crippen molar-refractivity contribution in [3.05, 3.63) is 0 Å². The highest BCUT2D eigenvalue weighted by atomic mass is 16.2. The molecule has 18 heavy (non-hydrogen) atoms. The Morgan fingerprint density at radius 1 is 1.50 bits per heavy atom. The lowest BCUT2D eigenvalue weighted by Gasteiger charge is -2.41. The number of piperidine rings is 1. The van der Waals surface area contributed by atoms with Gasteiger partial charge in [0.2, 0.25) is 5.91 Å². The summed E-state index contributed by atoms with van der Waals surface area (Å²) in [4.78, 5) is 16.6. The van der Waals surface area contributed by atoms with Crippen LogP contribution >= 0.6 is 0 Å². The molecule has 0 aromatic carbocycles. The topological polar surface area (TPSA) is 35.6 Å². The predicted octanol–water partition coefficient (Wildman–Crippen LogP) is 1.17. The molecule has 1 aliphatic rings. The monoisotopic (exact) mass is 255 g/mol. The van der Waals surface area contributed by atoms with E-state index >= 15 is 0 Å². The molecule has 1 fully saturated rings. The number of hydrogen-bond donors (Lipinski definition) is 1. The lowest BCUT2D eigenvalue weighted by Crippen LogP contribution is -2.50. The molecule has 106 valence electrons. The van der Waals surface area contributed by atoms with Crippen molar-refractivity contribution in [2.45, 2.75) is 39.2 Å². The van der Waals surface area contributed by atoms with Gasteiger partial charge in [0, 0.05) is 32.6 Å². The largest absolute Gasteiger partial charge is 0.342 e. The van der Waals surface area contributed by atoms with Crippen molar-refractivity contribution < 1.29 is 4.79 Å². The SMILES string of the molecule is CCN1CCC(N(C)C(=O)CCCNC)C(C)C1. The van der Waals surface area contributed by atoms with Gasteiger partial charge in [0.25, 0.3) is 0 Å². The number of carbonyl (C=O) groups is 1. The first-order valence-electron chi connectivity index (χ1n) is 7.22. The highest BCUT2D eigenvalue weighted by Gasteiger charge is 2.30. The number of hydrogen-bond acceptors (Lipinski definition) is 3. The van der Waals surface area contributed by atoms with Crippen LogP contribution in [-0.4, -0.2) is 62.0 Å². The van der Waals surface area contributed by atoms with Gasteiger partial charge in [-0.3, -0.25) is 4.79 Å². The summed E-state index contributed by atoms with van der Waals surface area (Å²) in [5.74, 6) is 0.879. The van der Waals surface area contributed by atoms with E-state index in [4.69, 9.17) is 0 Å². The van der Waals surface area contributed by atoms with Gasteiger partial charge in [-0.05, 0) is 38.9 Å². The number of nitrogens with one attached hydrogen (secondary N) is 1. The Kier molecular flexibility index (Phi) is 6.65. The quantitative estimate of drug-likeness (QED) is 0.724. The Labute approximate surface area is 112 Å². The van der Waals surface area contributed by atoms with Crippen molar-refractivity contribution in [2.24, 2.45) is 5.92 Å². The summed E-state index contributed by atoms with van der Waals surface area (Å²) in [6.45, 7) is 8.76. The molecule has 0 spiro atoms. The molecule has 2 atom stereocenters. The average molecular weight is 255 g/mol. The standard InChI is InChI=1S/C14H29N3O/c1-5-17-10-8-13(12(2)11-17)16(4)14(18)7-6-9-15-3/h12-13,15H,5-11H2,1-4H3. The Morgan fingerprint density at radius 3 is 2.78 bits per heavy atom. The van der Waals surface area contributed by atoms with E-state index in [1.165, 1.54) is 0 Å². The maximum Gasteiger partial charge on any atom is 0.222 e. The smallest absolute Gasteiger partial charge is 0.222 e. The first kappa shape index (κ1) is 15.4. The van der Waals surface area contributed by atoms with Crippen LogP contribution in [0.25, 0.3) is 0 Å². The Bertz CT molecular complexity index is 257. The van der Waals surface area contributed by atoms with Crippen LogP contribution in [-0.2, 0) is 4.79 Å². The minimum atomic E-state index is 0.298. The summed E-state index contributed by atoms with van der Waals surface area (Å²) in [5.41, 5.74) is 0. The fourth-order valence-corrected chi connectivity index (χ4v) is 2.86. The molecule has 1 aliphatic heterocycles. The van der Waals surface area contributed by atoms with E-state index in [1.54, 1.807) is 0 Å². The fraction of sp³-hybridized carbons (Fsp3) is 0.929. The zero-order chi connectivity index (χ0) is 13.5. The molecule has 0 bridgehead atoms. The van der Waals surface area contributed by atoms with Crippen molar-refractivity contribution in [1.29, 1.82) is 0 Å². The fourth-order valence-electron chi connectivity index (χ4n) is 2.86. The van der Waals surface area contributed by atoms with E-state index in [0.717, 1.165) is 39.0 Å². The molecule has 1 rings (SSSR count). The lowest BCUT2D eigenvalue weighted by atomic mass is 9.92. The van der Waals surface area contributed by atoms with E-state index in [0.29, 0.717) is 24.3 Å². The maximum absolute atomic E-state index is 12.1. The van der Waals surface area contributed by atoms with Gasteiger partial charge in [-0.1, -0.05) is 13.8 Å². The highest BCUT2D eigenvalue weighted by molar-refractivity contribution is 5.76. The molecule has 0 aromatic rings. The van der Waals surface area contributed by atoms with Gasteiger partial charge >= 0.3 is 0 Å². The molecule has 2 unspecified atom stereocenters. The van der Waals surface area contributed by atoms with Crippen LogP contribution in [0.5, 0.6) is 0 Å². The molecule has 0 aromatic heterocycles. The van der Waals surface area contributed by atoms with Crippen molar-refractivity contribution in [3.63, 3.8) is 0 Å². The third-order valence-corrected chi connectivity index (χ3v) is 4.10. The molecule has 0 saturated carbocycles. The van der Waals surface area contributed by atoms with Crippen LogP contribution in [0.2, 0.25) is 0 Å². The van der Waals surface area contributed by atoms with Gasteiger partial charge in [-0.15, -0.1) is 0 Å². The minimum absolute atomic E-state index is 0.298. The molecule has 4 heteroatoms. The van der Waals surface area contributed by atoms with Crippen molar-refractivity contribution in [3.8, 4) is 0 Å². The number of rotatable bonds is 6. The highest BCUT2D eigenvalue weighted by Crippen LogP contribution is 2.21. The van der Waals surface area contributed by atoms with Crippen LogP contribution in [0.3, 0.4) is 0 Å². The first-order chi connectivity index (χ1) is 8.60. The molecular formula is C14H29N3O. The van der Waals surface area contributed by atoms with Crippen LogP contribution in [0.15, 0.2) is 0 Å². The third-order valence-electron chi connectivity index (χ3n) is 4.10. The number of likely N-dealkylation sites (tertiary alicyclic amines) is 1. The van der Waals surface area contributed by atoms with E-state index < -0.39 is 0 Å². The van der Waals surface area contributed by atoms with Gasteiger partial charge in [0.1, 0.15) is 0 Å². The molecule has 1 heterocycles. The summed E-state index contributed by atoms with van der Waals surface area (Å²) >= 11 is 0. The molecule has 1 amide bonds. The third kappa shape index (κ3) is 4.25. The number of nitrogens with zero attached hydrogens (tertiary/aromatic N) is 2. The van der Waals surface area contributed by atoms with E-state index in [9.17, 15) is 4.79 Å². The van der Waals surface area contributed by atoms with Crippen LogP contribution < -0.4 is 5.32 Å². The zero-order valence-corrected chi connectivity index (χ0v) is 12.4. The van der Waals surface area contributed by atoms with Crippen molar-refractivity contribution >= 4 is 5.91 Å². The molecule has 0 radical (unpaired) electrons. The zero-order valence-electron chi connectivity index (χ0n) is 12.4. The molecule has 1 N–H and O–H groups in total. The summed E-state index contributed by atoms with van der Waals surface area (Å²) in [6, 6.07) is 0.426. The second kappa shape index (κ2) is 7.74.